The fourth-order valence-corrected chi connectivity index (χ4v) is 5.69. The Bertz CT molecular complexity index is 891. The van der Waals surface area contributed by atoms with Gasteiger partial charge >= 0.3 is 0 Å². The molecule has 5 aliphatic rings. The van der Waals surface area contributed by atoms with Crippen molar-refractivity contribution in [2.45, 2.75) is 123 Å². The zero-order chi connectivity index (χ0) is 33.4. The number of hydrogen-bond acceptors (Lipinski definition) is 21. The molecule has 46 heavy (non-hydrogen) atoms. The standard InChI is InChI=1S/C25H42O21/c26-1-7-12(30)17(35)23(41-7)45-19-10(44-22-16(34)11(29)6(28)3-39-22)5-40-25(43-9-4-38-21(37)15(33)14(9)32)20(19)46-24-18(36)13(31)8(2-27)42-24/h6-37H,1-5H2/t6-,7+,8+,9-,10-,11+,12+,13+,14+,15-,16-,17-,18-,19+,20-,21-,22+,23+,24+,25+/m1/s1. The average Bonchev–Trinajstić information content (AvgIpc) is 3.48. The van der Waals surface area contributed by atoms with Crippen molar-refractivity contribution < 1.29 is 104 Å². The Morgan fingerprint density at radius 2 is 0.935 bits per heavy atom. The van der Waals surface area contributed by atoms with Crippen LogP contribution in [0.3, 0.4) is 0 Å². The SMILES string of the molecule is OC[C@@H]1O[C@@H](O[C@@H]2[C@@H](O[C@@H]3O[C@@H](CO)[C@H](O)[C@H]3O)[C@H](O[C@@H]3CO[C@@H](O)[C@H](O)[C@H]3O)OC[C@H]2O[C@@H]2OC[C@@H](O)[C@H](O)[C@H]2O)[C@H](O)[C@H]1O. The summed E-state index contributed by atoms with van der Waals surface area (Å²) < 4.78 is 50.7. The number of aliphatic hydroxyl groups is 12. The molecule has 268 valence electrons. The van der Waals surface area contributed by atoms with Crippen LogP contribution in [0.2, 0.25) is 0 Å². The Hall–Kier alpha value is -0.840. The molecule has 5 aliphatic heterocycles. The minimum absolute atomic E-state index is 0.446. The van der Waals surface area contributed by atoms with Crippen molar-refractivity contribution in [2.75, 3.05) is 33.0 Å². The van der Waals surface area contributed by atoms with Gasteiger partial charge in [0.15, 0.2) is 31.5 Å². The summed E-state index contributed by atoms with van der Waals surface area (Å²) in [6.45, 7) is -2.83. The third kappa shape index (κ3) is 7.35. The fourth-order valence-electron chi connectivity index (χ4n) is 5.69. The van der Waals surface area contributed by atoms with Gasteiger partial charge in [-0.1, -0.05) is 0 Å². The summed E-state index contributed by atoms with van der Waals surface area (Å²) >= 11 is 0. The smallest absolute Gasteiger partial charge is 0.187 e. The molecule has 0 aromatic carbocycles. The van der Waals surface area contributed by atoms with E-state index in [2.05, 4.69) is 0 Å². The molecular formula is C25H42O21. The summed E-state index contributed by atoms with van der Waals surface area (Å²) in [6, 6.07) is 0. The molecule has 0 spiro atoms. The average molecular weight is 679 g/mol. The topological polar surface area (TPSA) is 326 Å². The third-order valence-corrected chi connectivity index (χ3v) is 8.49. The Balaban J connectivity index is 1.45. The molecule has 5 fully saturated rings. The molecule has 21 nitrogen and oxygen atoms in total. The van der Waals surface area contributed by atoms with Gasteiger partial charge in [-0.2, -0.15) is 0 Å². The first-order chi connectivity index (χ1) is 21.9. The van der Waals surface area contributed by atoms with Crippen LogP contribution in [0.4, 0.5) is 0 Å². The van der Waals surface area contributed by atoms with Crippen molar-refractivity contribution in [3.05, 3.63) is 0 Å². The van der Waals surface area contributed by atoms with Crippen molar-refractivity contribution in [1.29, 1.82) is 0 Å². The van der Waals surface area contributed by atoms with Crippen LogP contribution >= 0.6 is 0 Å². The minimum Gasteiger partial charge on any atom is -0.394 e. The molecule has 12 N–H and O–H groups in total. The van der Waals surface area contributed by atoms with Crippen molar-refractivity contribution in [3.8, 4) is 0 Å². The highest BCUT2D eigenvalue weighted by Crippen LogP contribution is 2.35. The zero-order valence-electron chi connectivity index (χ0n) is 24.1. The molecule has 0 aromatic rings. The monoisotopic (exact) mass is 678 g/mol. The summed E-state index contributed by atoms with van der Waals surface area (Å²) in [7, 11) is 0. The van der Waals surface area contributed by atoms with E-state index in [4.69, 9.17) is 42.6 Å². The van der Waals surface area contributed by atoms with Crippen LogP contribution in [0.5, 0.6) is 0 Å². The Morgan fingerprint density at radius 1 is 0.435 bits per heavy atom. The second-order valence-electron chi connectivity index (χ2n) is 11.6. The Labute approximate surface area is 260 Å². The van der Waals surface area contributed by atoms with Crippen LogP contribution < -0.4 is 0 Å². The second kappa shape index (κ2) is 15.4. The Morgan fingerprint density at radius 3 is 1.50 bits per heavy atom. The van der Waals surface area contributed by atoms with Crippen LogP contribution in [0.15, 0.2) is 0 Å². The first-order valence-corrected chi connectivity index (χ1v) is 14.7. The van der Waals surface area contributed by atoms with Crippen LogP contribution in [0, 0.1) is 0 Å². The van der Waals surface area contributed by atoms with Crippen LogP contribution in [0.25, 0.3) is 0 Å². The van der Waals surface area contributed by atoms with Crippen LogP contribution in [-0.4, -0.2) is 217 Å². The van der Waals surface area contributed by atoms with Gasteiger partial charge in [0, 0.05) is 0 Å². The van der Waals surface area contributed by atoms with E-state index in [-0.39, 0.29) is 0 Å². The summed E-state index contributed by atoms with van der Waals surface area (Å²) in [5, 5.41) is 122. The largest absolute Gasteiger partial charge is 0.394 e. The lowest BCUT2D eigenvalue weighted by molar-refractivity contribution is -0.379. The second-order valence-corrected chi connectivity index (χ2v) is 11.6. The van der Waals surface area contributed by atoms with Crippen molar-refractivity contribution in [1.82, 2.24) is 0 Å². The van der Waals surface area contributed by atoms with Gasteiger partial charge in [0.05, 0.1) is 33.0 Å². The quantitative estimate of drug-likeness (QED) is 0.102. The lowest BCUT2D eigenvalue weighted by Gasteiger charge is -2.47. The number of rotatable bonds is 10. The summed E-state index contributed by atoms with van der Waals surface area (Å²) in [4.78, 5) is 0. The van der Waals surface area contributed by atoms with Crippen molar-refractivity contribution in [2.24, 2.45) is 0 Å². The van der Waals surface area contributed by atoms with E-state index in [0.29, 0.717) is 0 Å². The van der Waals surface area contributed by atoms with E-state index in [1.54, 1.807) is 0 Å². The maximum atomic E-state index is 10.6. The molecule has 0 aromatic heterocycles. The van der Waals surface area contributed by atoms with E-state index < -0.39 is 156 Å². The molecular weight excluding hydrogens is 636 g/mol. The highest BCUT2D eigenvalue weighted by molar-refractivity contribution is 4.96. The predicted molar refractivity (Wildman–Crippen MR) is 136 cm³/mol. The van der Waals surface area contributed by atoms with E-state index in [0.717, 1.165) is 0 Å². The lowest BCUT2D eigenvalue weighted by Crippen LogP contribution is -2.64. The minimum atomic E-state index is -1.80. The molecule has 0 saturated carbocycles. The molecule has 0 unspecified atom stereocenters. The van der Waals surface area contributed by atoms with Crippen LogP contribution in [0.1, 0.15) is 0 Å². The molecule has 0 amide bonds. The number of ether oxygens (including phenoxy) is 9. The first kappa shape index (κ1) is 36.4. The maximum absolute atomic E-state index is 10.6. The molecule has 0 bridgehead atoms. The molecule has 5 saturated heterocycles. The van der Waals surface area contributed by atoms with Gasteiger partial charge in [0.2, 0.25) is 0 Å². The van der Waals surface area contributed by atoms with Gasteiger partial charge in [-0.25, -0.2) is 0 Å². The normalized spacial score (nSPS) is 53.5. The zero-order valence-corrected chi connectivity index (χ0v) is 24.1. The maximum Gasteiger partial charge on any atom is 0.187 e. The van der Waals surface area contributed by atoms with Gasteiger partial charge in [-0.3, -0.25) is 0 Å². The van der Waals surface area contributed by atoms with Crippen LogP contribution in [-0.2, 0) is 42.6 Å². The van der Waals surface area contributed by atoms with Crippen molar-refractivity contribution in [3.63, 3.8) is 0 Å². The third-order valence-electron chi connectivity index (χ3n) is 8.49. The van der Waals surface area contributed by atoms with E-state index >= 15 is 0 Å². The predicted octanol–water partition coefficient (Wildman–Crippen LogP) is -8.73. The lowest BCUT2D eigenvalue weighted by atomic mass is 10.0. The highest BCUT2D eigenvalue weighted by atomic mass is 16.8. The first-order valence-electron chi connectivity index (χ1n) is 14.7. The number of aliphatic hydroxyl groups excluding tert-OH is 12. The summed E-state index contributed by atoms with van der Waals surface area (Å²) in [5.74, 6) is 0. The van der Waals surface area contributed by atoms with Gasteiger partial charge in [0.1, 0.15) is 91.6 Å². The molecule has 5 rings (SSSR count). The molecule has 21 heteroatoms. The Kier molecular flexibility index (Phi) is 12.2. The number of hydrogen-bond donors (Lipinski definition) is 12. The van der Waals surface area contributed by atoms with E-state index in [9.17, 15) is 61.3 Å². The van der Waals surface area contributed by atoms with E-state index in [1.807, 2.05) is 0 Å². The van der Waals surface area contributed by atoms with E-state index in [1.165, 1.54) is 0 Å². The van der Waals surface area contributed by atoms with Gasteiger partial charge < -0.3 is 104 Å². The summed E-state index contributed by atoms with van der Waals surface area (Å²) in [5.41, 5.74) is 0. The highest BCUT2D eigenvalue weighted by Gasteiger charge is 2.55. The molecule has 0 radical (unpaired) electrons. The fraction of sp³-hybridized carbons (Fsp3) is 1.00. The van der Waals surface area contributed by atoms with Gasteiger partial charge in [-0.15, -0.1) is 0 Å². The summed E-state index contributed by atoms with van der Waals surface area (Å²) in [6.07, 6.45) is -32.1. The molecule has 0 aliphatic carbocycles. The molecule has 20 atom stereocenters. The van der Waals surface area contributed by atoms with Gasteiger partial charge in [0.25, 0.3) is 0 Å². The van der Waals surface area contributed by atoms with Gasteiger partial charge in [-0.05, 0) is 0 Å². The van der Waals surface area contributed by atoms with Crippen molar-refractivity contribution >= 4 is 0 Å². The molecule has 5 heterocycles.